The number of aliphatic carboxylic acids is 1. The zero-order valence-corrected chi connectivity index (χ0v) is 14.3. The molecule has 1 aliphatic rings. The second-order valence-electron chi connectivity index (χ2n) is 6.43. The zero-order chi connectivity index (χ0) is 19.0. The molecule has 5 nitrogen and oxygen atoms in total. The topological polar surface area (TPSA) is 66.8 Å². The lowest BCUT2D eigenvalue weighted by Crippen LogP contribution is -2.52. The molecule has 0 aromatic heterocycles. The van der Waals surface area contributed by atoms with Crippen LogP contribution in [-0.4, -0.2) is 46.7 Å². The molecule has 0 aliphatic carbocycles. The van der Waals surface area contributed by atoms with Crippen LogP contribution in [0, 0.1) is 5.41 Å². The molecule has 1 N–H and O–H groups in total. The van der Waals surface area contributed by atoms with E-state index in [0.29, 0.717) is 10.8 Å². The monoisotopic (exact) mass is 379 g/mol. The van der Waals surface area contributed by atoms with E-state index < -0.39 is 42.0 Å². The third kappa shape index (κ3) is 3.68. The van der Waals surface area contributed by atoms with E-state index in [-0.39, 0.29) is 6.54 Å². The number of carbonyl (C=O) groups is 2. The molecule has 1 aliphatic heterocycles. The molecule has 1 aromatic rings. The van der Waals surface area contributed by atoms with Gasteiger partial charge in [-0.05, 0) is 44.5 Å². The lowest BCUT2D eigenvalue weighted by Gasteiger charge is -2.32. The highest BCUT2D eigenvalue weighted by Crippen LogP contribution is 2.46. The van der Waals surface area contributed by atoms with Gasteiger partial charge in [-0.3, -0.25) is 9.59 Å². The van der Waals surface area contributed by atoms with Crippen molar-refractivity contribution < 1.29 is 32.6 Å². The number of likely N-dealkylation sites (tertiary alicyclic amines) is 1. The Balaban J connectivity index is 2.17. The molecule has 1 heterocycles. The number of hydrogen-bond donors (Lipinski definition) is 1. The van der Waals surface area contributed by atoms with Crippen molar-refractivity contribution >= 4 is 23.5 Å². The minimum Gasteiger partial charge on any atom is -0.481 e. The molecular weight excluding hydrogens is 363 g/mol. The first-order valence-corrected chi connectivity index (χ1v) is 7.81. The van der Waals surface area contributed by atoms with Gasteiger partial charge in [-0.2, -0.15) is 13.2 Å². The van der Waals surface area contributed by atoms with Crippen LogP contribution in [0.25, 0.3) is 0 Å². The van der Waals surface area contributed by atoms with Gasteiger partial charge in [0, 0.05) is 18.1 Å². The summed E-state index contributed by atoms with van der Waals surface area (Å²) in [6, 6.07) is 6.15. The Labute approximate surface area is 147 Å². The van der Waals surface area contributed by atoms with Gasteiger partial charge in [0.2, 0.25) is 0 Å². The Bertz CT molecular complexity index is 675. The molecule has 1 atom stereocenters. The molecule has 0 saturated carbocycles. The maximum Gasteiger partial charge on any atom is 0.406 e. The second kappa shape index (κ2) is 6.40. The Morgan fingerprint density at radius 3 is 2.24 bits per heavy atom. The van der Waals surface area contributed by atoms with Gasteiger partial charge in [0.1, 0.15) is 5.75 Å². The maximum absolute atomic E-state index is 13.2. The number of benzene rings is 1. The van der Waals surface area contributed by atoms with E-state index in [1.165, 1.54) is 26.0 Å². The number of rotatable bonds is 4. The number of halogens is 4. The number of ether oxygens (including phenoxy) is 1. The van der Waals surface area contributed by atoms with Crippen LogP contribution in [-0.2, 0) is 9.59 Å². The maximum atomic E-state index is 13.2. The normalized spacial score (nSPS) is 21.3. The average Bonchev–Trinajstić information content (AvgIpc) is 2.95. The summed E-state index contributed by atoms with van der Waals surface area (Å²) in [7, 11) is 0. The fourth-order valence-corrected chi connectivity index (χ4v) is 2.86. The first-order chi connectivity index (χ1) is 11.4. The van der Waals surface area contributed by atoms with Crippen molar-refractivity contribution in [1.29, 1.82) is 0 Å². The van der Waals surface area contributed by atoms with Gasteiger partial charge >= 0.3 is 12.1 Å². The Morgan fingerprint density at radius 2 is 1.80 bits per heavy atom. The van der Waals surface area contributed by atoms with Gasteiger partial charge in [-0.15, -0.1) is 0 Å². The summed E-state index contributed by atoms with van der Waals surface area (Å²) in [6.07, 6.45) is -5.64. The first kappa shape index (κ1) is 19.4. The molecule has 1 aromatic carbocycles. The van der Waals surface area contributed by atoms with Crippen molar-refractivity contribution in [3.63, 3.8) is 0 Å². The number of carboxylic acid groups (broad SMARTS) is 1. The van der Waals surface area contributed by atoms with Gasteiger partial charge in [-0.1, -0.05) is 11.6 Å². The van der Waals surface area contributed by atoms with E-state index in [4.69, 9.17) is 21.4 Å². The second-order valence-corrected chi connectivity index (χ2v) is 6.86. The first-order valence-electron chi connectivity index (χ1n) is 7.43. The molecule has 0 radical (unpaired) electrons. The summed E-state index contributed by atoms with van der Waals surface area (Å²) < 4.78 is 45.2. The lowest BCUT2D eigenvalue weighted by atomic mass is 9.86. The van der Waals surface area contributed by atoms with Gasteiger partial charge in [0.15, 0.2) is 11.0 Å². The van der Waals surface area contributed by atoms with E-state index in [2.05, 4.69) is 0 Å². The number of carboxylic acids is 1. The zero-order valence-electron chi connectivity index (χ0n) is 13.6. The van der Waals surface area contributed by atoms with Crippen molar-refractivity contribution in [2.24, 2.45) is 5.41 Å². The van der Waals surface area contributed by atoms with Crippen molar-refractivity contribution in [1.82, 2.24) is 4.90 Å². The third-order valence-corrected chi connectivity index (χ3v) is 4.46. The summed E-state index contributed by atoms with van der Waals surface area (Å²) in [5.74, 6) is -2.37. The Kier molecular flexibility index (Phi) is 4.96. The average molecular weight is 380 g/mol. The van der Waals surface area contributed by atoms with Crippen LogP contribution in [0.3, 0.4) is 0 Å². The minimum absolute atomic E-state index is 0.307. The fraction of sp³-hybridized carbons (Fsp3) is 0.500. The highest BCUT2D eigenvalue weighted by Gasteiger charge is 2.64. The van der Waals surface area contributed by atoms with E-state index in [1.807, 2.05) is 0 Å². The predicted molar refractivity (Wildman–Crippen MR) is 83.5 cm³/mol. The molecule has 2 rings (SSSR count). The Hall–Kier alpha value is -1.96. The number of nitrogens with zero attached hydrogens (tertiary/aromatic N) is 1. The molecule has 25 heavy (non-hydrogen) atoms. The molecule has 1 saturated heterocycles. The number of carbonyl (C=O) groups excluding carboxylic acids is 1. The van der Waals surface area contributed by atoms with Crippen molar-refractivity contribution in [2.75, 3.05) is 13.1 Å². The van der Waals surface area contributed by atoms with E-state index in [1.54, 1.807) is 12.1 Å². The van der Waals surface area contributed by atoms with Crippen LogP contribution in [0.1, 0.15) is 20.3 Å². The van der Waals surface area contributed by atoms with Crippen LogP contribution in [0.2, 0.25) is 5.02 Å². The molecule has 1 unspecified atom stereocenters. The highest BCUT2D eigenvalue weighted by molar-refractivity contribution is 6.30. The van der Waals surface area contributed by atoms with Crippen LogP contribution >= 0.6 is 11.6 Å². The van der Waals surface area contributed by atoms with Crippen molar-refractivity contribution in [3.05, 3.63) is 29.3 Å². The van der Waals surface area contributed by atoms with Crippen molar-refractivity contribution in [2.45, 2.75) is 32.0 Å². The van der Waals surface area contributed by atoms with Crippen LogP contribution in [0.15, 0.2) is 24.3 Å². The van der Waals surface area contributed by atoms with Crippen LogP contribution in [0.4, 0.5) is 13.2 Å². The summed E-state index contributed by atoms with van der Waals surface area (Å²) in [6.45, 7) is 1.59. The van der Waals surface area contributed by atoms with Gasteiger partial charge in [-0.25, -0.2) is 0 Å². The fourth-order valence-electron chi connectivity index (χ4n) is 2.73. The number of alkyl halides is 3. The number of hydrogen-bond acceptors (Lipinski definition) is 3. The molecule has 1 fully saturated rings. The minimum atomic E-state index is -4.95. The molecule has 9 heteroatoms. The standard InChI is InChI=1S/C16H17ClF3NO4/c1-14(2,25-11-5-3-10(17)4-6-11)12(22)21-8-7-15(9-21,13(23)24)16(18,19)20/h3-6H,7-9H2,1-2H3,(H,23,24). The predicted octanol–water partition coefficient (Wildman–Crippen LogP) is 3.36. The van der Waals surface area contributed by atoms with Crippen LogP contribution < -0.4 is 4.74 Å². The van der Waals surface area contributed by atoms with E-state index >= 15 is 0 Å². The third-order valence-electron chi connectivity index (χ3n) is 4.21. The van der Waals surface area contributed by atoms with Crippen LogP contribution in [0.5, 0.6) is 5.75 Å². The van der Waals surface area contributed by atoms with Crippen molar-refractivity contribution in [3.8, 4) is 5.75 Å². The molecule has 1 amide bonds. The van der Waals surface area contributed by atoms with Gasteiger partial charge in [0.25, 0.3) is 5.91 Å². The lowest BCUT2D eigenvalue weighted by molar-refractivity contribution is -0.227. The summed E-state index contributed by atoms with van der Waals surface area (Å²) in [4.78, 5) is 24.7. The number of amides is 1. The summed E-state index contributed by atoms with van der Waals surface area (Å²) in [5.41, 5.74) is -4.41. The smallest absolute Gasteiger partial charge is 0.406 e. The summed E-state index contributed by atoms with van der Waals surface area (Å²) in [5, 5.41) is 9.53. The van der Waals surface area contributed by atoms with E-state index in [0.717, 1.165) is 4.90 Å². The Morgan fingerprint density at radius 1 is 1.24 bits per heavy atom. The molecular formula is C16H17ClF3NO4. The summed E-state index contributed by atoms with van der Waals surface area (Å²) >= 11 is 5.76. The molecule has 138 valence electrons. The van der Waals surface area contributed by atoms with Gasteiger partial charge < -0.3 is 14.7 Å². The van der Waals surface area contributed by atoms with E-state index in [9.17, 15) is 22.8 Å². The van der Waals surface area contributed by atoms with Gasteiger partial charge in [0.05, 0.1) is 0 Å². The quantitative estimate of drug-likeness (QED) is 0.871. The SMILES string of the molecule is CC(C)(Oc1ccc(Cl)cc1)C(=O)N1CCC(C(=O)O)(C(F)(F)F)C1. The molecule has 0 bridgehead atoms. The highest BCUT2D eigenvalue weighted by atomic mass is 35.5. The largest absolute Gasteiger partial charge is 0.481 e. The molecule has 0 spiro atoms.